The molecule has 6 nitrogen and oxygen atoms in total. The molecule has 0 heterocycles. The molecule has 0 aliphatic rings. The van der Waals surface area contributed by atoms with Crippen molar-refractivity contribution < 1.29 is 19.1 Å². The Kier molecular flexibility index (Phi) is 8.94. The first-order chi connectivity index (χ1) is 14.5. The first kappa shape index (κ1) is 23.0. The van der Waals surface area contributed by atoms with Crippen molar-refractivity contribution in [3.05, 3.63) is 59.7 Å². The smallest absolute Gasteiger partial charge is 0.253 e. The predicted molar refractivity (Wildman–Crippen MR) is 120 cm³/mol. The Hall–Kier alpha value is -3.28. The molecule has 2 aromatic rings. The first-order valence-electron chi connectivity index (χ1n) is 10.1. The second kappa shape index (κ2) is 11.7. The molecule has 0 atom stereocenters. The van der Waals surface area contributed by atoms with E-state index in [-0.39, 0.29) is 11.8 Å². The second-order valence-electron chi connectivity index (χ2n) is 6.81. The van der Waals surface area contributed by atoms with Crippen LogP contribution in [-0.4, -0.2) is 44.0 Å². The number of nitrogens with zero attached hydrogens (tertiary/aromatic N) is 1. The topological polar surface area (TPSA) is 67.9 Å². The van der Waals surface area contributed by atoms with E-state index >= 15 is 0 Å². The molecule has 0 spiro atoms. The van der Waals surface area contributed by atoms with Crippen LogP contribution in [0.4, 0.5) is 5.69 Å². The quantitative estimate of drug-likeness (QED) is 0.581. The maximum atomic E-state index is 12.8. The SMILES string of the molecule is CCCN(CCC)C(=O)c1cccc(NC(=O)/C=C/c2ccc(OC)c(OC)c2)c1. The minimum Gasteiger partial charge on any atom is -0.493 e. The van der Waals surface area contributed by atoms with Gasteiger partial charge in [0.2, 0.25) is 5.91 Å². The molecule has 0 aliphatic carbocycles. The maximum absolute atomic E-state index is 12.8. The van der Waals surface area contributed by atoms with E-state index in [4.69, 9.17) is 9.47 Å². The van der Waals surface area contributed by atoms with E-state index in [9.17, 15) is 9.59 Å². The largest absolute Gasteiger partial charge is 0.493 e. The number of rotatable bonds is 10. The molecule has 0 aliphatic heterocycles. The number of ether oxygens (including phenoxy) is 2. The Bertz CT molecular complexity index is 887. The van der Waals surface area contributed by atoms with E-state index in [0.29, 0.717) is 22.7 Å². The number of hydrogen-bond acceptors (Lipinski definition) is 4. The van der Waals surface area contributed by atoms with Crippen LogP contribution in [0.25, 0.3) is 6.08 Å². The molecule has 2 rings (SSSR count). The number of amides is 2. The molecule has 2 amide bonds. The lowest BCUT2D eigenvalue weighted by Gasteiger charge is -2.21. The molecule has 0 fully saturated rings. The van der Waals surface area contributed by atoms with E-state index in [1.807, 2.05) is 11.0 Å². The molecule has 0 aromatic heterocycles. The average molecular weight is 411 g/mol. The van der Waals surface area contributed by atoms with Crippen molar-refractivity contribution in [3.8, 4) is 11.5 Å². The number of anilines is 1. The average Bonchev–Trinajstić information content (AvgIpc) is 2.77. The first-order valence-corrected chi connectivity index (χ1v) is 10.1. The predicted octanol–water partition coefficient (Wildman–Crippen LogP) is 4.62. The van der Waals surface area contributed by atoms with Crippen molar-refractivity contribution in [3.63, 3.8) is 0 Å². The Morgan fingerprint density at radius 2 is 1.67 bits per heavy atom. The molecule has 0 saturated heterocycles. The zero-order chi connectivity index (χ0) is 21.9. The third kappa shape index (κ3) is 6.37. The van der Waals surface area contributed by atoms with Crippen LogP contribution in [0, 0.1) is 0 Å². The molecule has 6 heteroatoms. The van der Waals surface area contributed by atoms with Gasteiger partial charge in [-0.3, -0.25) is 9.59 Å². The summed E-state index contributed by atoms with van der Waals surface area (Å²) in [6, 6.07) is 12.4. The van der Waals surface area contributed by atoms with Gasteiger partial charge in [-0.1, -0.05) is 26.0 Å². The van der Waals surface area contributed by atoms with E-state index in [1.165, 1.54) is 6.08 Å². The number of carbonyl (C=O) groups is 2. The molecule has 160 valence electrons. The summed E-state index contributed by atoms with van der Waals surface area (Å²) < 4.78 is 10.5. The van der Waals surface area contributed by atoms with Crippen LogP contribution in [0.3, 0.4) is 0 Å². The van der Waals surface area contributed by atoms with E-state index in [0.717, 1.165) is 31.5 Å². The number of benzene rings is 2. The van der Waals surface area contributed by atoms with Crippen molar-refractivity contribution in [2.45, 2.75) is 26.7 Å². The summed E-state index contributed by atoms with van der Waals surface area (Å²) in [4.78, 5) is 26.9. The molecule has 0 bridgehead atoms. The Balaban J connectivity index is 2.08. The van der Waals surface area contributed by atoms with Gasteiger partial charge in [0.05, 0.1) is 14.2 Å². The van der Waals surface area contributed by atoms with E-state index in [2.05, 4.69) is 19.2 Å². The third-order valence-corrected chi connectivity index (χ3v) is 4.49. The van der Waals surface area contributed by atoms with Gasteiger partial charge < -0.3 is 19.7 Å². The maximum Gasteiger partial charge on any atom is 0.253 e. The van der Waals surface area contributed by atoms with Crippen LogP contribution in [0.5, 0.6) is 11.5 Å². The summed E-state index contributed by atoms with van der Waals surface area (Å²) >= 11 is 0. The van der Waals surface area contributed by atoms with E-state index in [1.54, 1.807) is 56.7 Å². The fourth-order valence-electron chi connectivity index (χ4n) is 3.08. The highest BCUT2D eigenvalue weighted by Gasteiger charge is 2.14. The van der Waals surface area contributed by atoms with Gasteiger partial charge >= 0.3 is 0 Å². The van der Waals surface area contributed by atoms with Crippen LogP contribution >= 0.6 is 0 Å². The van der Waals surface area contributed by atoms with Crippen LogP contribution in [0.15, 0.2) is 48.5 Å². The number of carbonyl (C=O) groups excluding carboxylic acids is 2. The van der Waals surface area contributed by atoms with Gasteiger partial charge in [-0.25, -0.2) is 0 Å². The zero-order valence-corrected chi connectivity index (χ0v) is 18.1. The summed E-state index contributed by atoms with van der Waals surface area (Å²) in [6.07, 6.45) is 4.94. The van der Waals surface area contributed by atoms with Gasteiger partial charge in [0.15, 0.2) is 11.5 Å². The highest BCUT2D eigenvalue weighted by Crippen LogP contribution is 2.28. The van der Waals surface area contributed by atoms with Crippen molar-refractivity contribution >= 4 is 23.6 Å². The Morgan fingerprint density at radius 1 is 0.967 bits per heavy atom. The molecule has 0 saturated carbocycles. The number of methoxy groups -OCH3 is 2. The van der Waals surface area contributed by atoms with Crippen LogP contribution in [0.2, 0.25) is 0 Å². The highest BCUT2D eigenvalue weighted by atomic mass is 16.5. The van der Waals surface area contributed by atoms with Gasteiger partial charge in [-0.05, 0) is 54.8 Å². The molecule has 1 N–H and O–H groups in total. The molecule has 30 heavy (non-hydrogen) atoms. The molecular weight excluding hydrogens is 380 g/mol. The minimum atomic E-state index is -0.284. The van der Waals surface area contributed by atoms with Gasteiger partial charge in [0, 0.05) is 30.4 Å². The van der Waals surface area contributed by atoms with Gasteiger partial charge in [0.25, 0.3) is 5.91 Å². The summed E-state index contributed by atoms with van der Waals surface area (Å²) in [5, 5.41) is 2.81. The Labute approximate surface area is 178 Å². The zero-order valence-electron chi connectivity index (χ0n) is 18.1. The minimum absolute atomic E-state index is 0.0179. The fraction of sp³-hybridized carbons (Fsp3) is 0.333. The van der Waals surface area contributed by atoms with Crippen molar-refractivity contribution in [2.24, 2.45) is 0 Å². The van der Waals surface area contributed by atoms with Crippen molar-refractivity contribution in [2.75, 3.05) is 32.6 Å². The van der Waals surface area contributed by atoms with Crippen LogP contribution < -0.4 is 14.8 Å². The summed E-state index contributed by atoms with van der Waals surface area (Å²) in [5.41, 5.74) is 1.95. The molecule has 2 aromatic carbocycles. The lowest BCUT2D eigenvalue weighted by molar-refractivity contribution is -0.111. The van der Waals surface area contributed by atoms with Crippen molar-refractivity contribution in [1.29, 1.82) is 0 Å². The molecular formula is C24H30N2O4. The van der Waals surface area contributed by atoms with Gasteiger partial charge in [0.1, 0.15) is 0 Å². The third-order valence-electron chi connectivity index (χ3n) is 4.49. The standard InChI is InChI=1S/C24H30N2O4/c1-5-14-26(15-6-2)24(28)19-8-7-9-20(17-19)25-23(27)13-11-18-10-12-21(29-3)22(16-18)30-4/h7-13,16-17H,5-6,14-15H2,1-4H3,(H,25,27)/b13-11+. The summed E-state index contributed by atoms with van der Waals surface area (Å²) in [6.45, 7) is 5.54. The Morgan fingerprint density at radius 3 is 2.30 bits per heavy atom. The van der Waals surface area contributed by atoms with E-state index < -0.39 is 0 Å². The number of hydrogen-bond donors (Lipinski definition) is 1. The van der Waals surface area contributed by atoms with Crippen molar-refractivity contribution in [1.82, 2.24) is 4.90 Å². The normalized spacial score (nSPS) is 10.7. The van der Waals surface area contributed by atoms with Crippen LogP contribution in [0.1, 0.15) is 42.6 Å². The highest BCUT2D eigenvalue weighted by molar-refractivity contribution is 6.03. The monoisotopic (exact) mass is 410 g/mol. The lowest BCUT2D eigenvalue weighted by atomic mass is 10.1. The summed E-state index contributed by atoms with van der Waals surface area (Å²) in [5.74, 6) is 0.916. The number of nitrogens with one attached hydrogen (secondary N) is 1. The molecule has 0 radical (unpaired) electrons. The van der Waals surface area contributed by atoms with Gasteiger partial charge in [-0.15, -0.1) is 0 Å². The second-order valence-corrected chi connectivity index (χ2v) is 6.81. The summed E-state index contributed by atoms with van der Waals surface area (Å²) in [7, 11) is 3.14. The van der Waals surface area contributed by atoms with Crippen LogP contribution in [-0.2, 0) is 4.79 Å². The fourth-order valence-corrected chi connectivity index (χ4v) is 3.08. The molecule has 0 unspecified atom stereocenters. The van der Waals surface area contributed by atoms with Gasteiger partial charge in [-0.2, -0.15) is 0 Å². The lowest BCUT2D eigenvalue weighted by Crippen LogP contribution is -2.32.